The van der Waals surface area contributed by atoms with Crippen LogP contribution in [0.1, 0.15) is 23.4 Å². The van der Waals surface area contributed by atoms with E-state index in [0.717, 1.165) is 62.7 Å². The number of halogens is 1. The van der Waals surface area contributed by atoms with Crippen molar-refractivity contribution in [3.63, 3.8) is 0 Å². The van der Waals surface area contributed by atoms with Crippen molar-refractivity contribution in [1.82, 2.24) is 20.5 Å². The molecule has 0 amide bonds. The highest BCUT2D eigenvalue weighted by Gasteiger charge is 2.23. The SMILES string of the molecule is CCNC(=NCC(c1cccs1)N1CCOCC1)NCCc1c[nH]c2cc(F)ccc12. The molecule has 3 N–H and O–H groups in total. The van der Waals surface area contributed by atoms with Gasteiger partial charge in [-0.15, -0.1) is 11.3 Å². The maximum Gasteiger partial charge on any atom is 0.191 e. The zero-order valence-corrected chi connectivity index (χ0v) is 18.7. The van der Waals surface area contributed by atoms with E-state index < -0.39 is 0 Å². The zero-order valence-electron chi connectivity index (χ0n) is 17.9. The summed E-state index contributed by atoms with van der Waals surface area (Å²) in [5.74, 6) is 0.601. The van der Waals surface area contributed by atoms with Crippen LogP contribution in [0.3, 0.4) is 0 Å². The minimum atomic E-state index is -0.221. The lowest BCUT2D eigenvalue weighted by atomic mass is 10.1. The van der Waals surface area contributed by atoms with E-state index in [9.17, 15) is 4.39 Å². The molecule has 3 aromatic rings. The van der Waals surface area contributed by atoms with E-state index in [-0.39, 0.29) is 11.9 Å². The molecule has 31 heavy (non-hydrogen) atoms. The molecule has 1 unspecified atom stereocenters. The minimum Gasteiger partial charge on any atom is -0.379 e. The maximum atomic E-state index is 13.4. The van der Waals surface area contributed by atoms with E-state index >= 15 is 0 Å². The lowest BCUT2D eigenvalue weighted by Gasteiger charge is -2.33. The molecular weight excluding hydrogens is 413 g/mol. The summed E-state index contributed by atoms with van der Waals surface area (Å²) in [7, 11) is 0. The number of hydrogen-bond donors (Lipinski definition) is 3. The van der Waals surface area contributed by atoms with Gasteiger partial charge in [0.1, 0.15) is 5.82 Å². The minimum absolute atomic E-state index is 0.221. The molecule has 1 aliphatic rings. The smallest absolute Gasteiger partial charge is 0.191 e. The predicted octanol–water partition coefficient (Wildman–Crippen LogP) is 3.54. The lowest BCUT2D eigenvalue weighted by molar-refractivity contribution is 0.0186. The Bertz CT molecular complexity index is 981. The average Bonchev–Trinajstić information content (AvgIpc) is 3.45. The molecule has 8 heteroatoms. The number of aromatic amines is 1. The number of aliphatic imine (C=N–C) groups is 1. The van der Waals surface area contributed by atoms with Crippen LogP contribution in [-0.2, 0) is 11.2 Å². The molecule has 0 spiro atoms. The van der Waals surface area contributed by atoms with E-state index in [4.69, 9.17) is 9.73 Å². The number of guanidine groups is 1. The van der Waals surface area contributed by atoms with Gasteiger partial charge in [0.25, 0.3) is 0 Å². The molecule has 166 valence electrons. The number of nitrogens with one attached hydrogen (secondary N) is 3. The monoisotopic (exact) mass is 443 g/mol. The number of morpholine rings is 1. The van der Waals surface area contributed by atoms with Crippen LogP contribution in [-0.4, -0.2) is 61.8 Å². The van der Waals surface area contributed by atoms with Crippen molar-refractivity contribution < 1.29 is 9.13 Å². The third-order valence-electron chi connectivity index (χ3n) is 5.54. The highest BCUT2D eigenvalue weighted by Crippen LogP contribution is 2.26. The fourth-order valence-electron chi connectivity index (χ4n) is 3.96. The summed E-state index contributed by atoms with van der Waals surface area (Å²) in [5, 5.41) is 10.00. The molecular formula is C23H30FN5OS. The van der Waals surface area contributed by atoms with Crippen LogP contribution in [0.5, 0.6) is 0 Å². The first-order chi connectivity index (χ1) is 15.2. The van der Waals surface area contributed by atoms with Gasteiger partial charge in [0.05, 0.1) is 25.8 Å². The number of nitrogens with zero attached hydrogens (tertiary/aromatic N) is 2. The molecule has 4 rings (SSSR count). The van der Waals surface area contributed by atoms with E-state index in [1.54, 1.807) is 11.3 Å². The van der Waals surface area contributed by atoms with Crippen LogP contribution in [0, 0.1) is 5.82 Å². The van der Waals surface area contributed by atoms with Crippen LogP contribution in [0.4, 0.5) is 4.39 Å². The molecule has 0 aliphatic carbocycles. The maximum absolute atomic E-state index is 13.4. The quantitative estimate of drug-likeness (QED) is 0.368. The van der Waals surface area contributed by atoms with Gasteiger partial charge in [-0.05, 0) is 48.6 Å². The fourth-order valence-corrected chi connectivity index (χ4v) is 4.81. The Morgan fingerprint density at radius 1 is 1.29 bits per heavy atom. The molecule has 3 heterocycles. The number of H-pyrrole nitrogens is 1. The van der Waals surface area contributed by atoms with Crippen molar-refractivity contribution in [1.29, 1.82) is 0 Å². The van der Waals surface area contributed by atoms with Gasteiger partial charge in [-0.1, -0.05) is 6.07 Å². The van der Waals surface area contributed by atoms with Crippen LogP contribution in [0.15, 0.2) is 46.9 Å². The first-order valence-corrected chi connectivity index (χ1v) is 11.8. The number of thiophene rings is 1. The van der Waals surface area contributed by atoms with E-state index in [1.165, 1.54) is 22.6 Å². The summed E-state index contributed by atoms with van der Waals surface area (Å²) in [6, 6.07) is 9.45. The van der Waals surface area contributed by atoms with Gasteiger partial charge >= 0.3 is 0 Å². The van der Waals surface area contributed by atoms with E-state index in [2.05, 4.69) is 45.0 Å². The molecule has 0 bridgehead atoms. The zero-order chi connectivity index (χ0) is 21.5. The van der Waals surface area contributed by atoms with Crippen LogP contribution in [0.2, 0.25) is 0 Å². The van der Waals surface area contributed by atoms with Gasteiger partial charge in [-0.2, -0.15) is 0 Å². The van der Waals surface area contributed by atoms with Crippen molar-refractivity contribution in [2.45, 2.75) is 19.4 Å². The van der Waals surface area contributed by atoms with Crippen LogP contribution in [0.25, 0.3) is 10.9 Å². The van der Waals surface area contributed by atoms with Gasteiger partial charge in [0, 0.05) is 48.2 Å². The predicted molar refractivity (Wildman–Crippen MR) is 125 cm³/mol. The highest BCUT2D eigenvalue weighted by atomic mass is 32.1. The topological polar surface area (TPSA) is 64.7 Å². The number of ether oxygens (including phenoxy) is 1. The van der Waals surface area contributed by atoms with Crippen LogP contribution < -0.4 is 10.6 Å². The summed E-state index contributed by atoms with van der Waals surface area (Å²) < 4.78 is 18.9. The van der Waals surface area contributed by atoms with Crippen molar-refractivity contribution in [2.75, 3.05) is 45.9 Å². The second-order valence-electron chi connectivity index (χ2n) is 7.58. The Balaban J connectivity index is 1.39. The number of rotatable bonds is 8. The highest BCUT2D eigenvalue weighted by molar-refractivity contribution is 7.10. The summed E-state index contributed by atoms with van der Waals surface area (Å²) in [6.45, 7) is 7.74. The Morgan fingerprint density at radius 2 is 2.16 bits per heavy atom. The van der Waals surface area contributed by atoms with E-state index in [1.807, 2.05) is 12.3 Å². The number of aromatic nitrogens is 1. The van der Waals surface area contributed by atoms with Gasteiger partial charge in [0.15, 0.2) is 5.96 Å². The van der Waals surface area contributed by atoms with Crippen molar-refractivity contribution >= 4 is 28.2 Å². The molecule has 1 aromatic carbocycles. The summed E-state index contributed by atoms with van der Waals surface area (Å²) in [6.07, 6.45) is 2.79. The molecule has 1 atom stereocenters. The summed E-state index contributed by atoms with van der Waals surface area (Å²) in [4.78, 5) is 11.9. The number of fused-ring (bicyclic) bond motifs is 1. The van der Waals surface area contributed by atoms with Gasteiger partial charge in [-0.3, -0.25) is 9.89 Å². The summed E-state index contributed by atoms with van der Waals surface area (Å²) in [5.41, 5.74) is 2.00. The first-order valence-electron chi connectivity index (χ1n) is 10.9. The van der Waals surface area contributed by atoms with E-state index in [0.29, 0.717) is 6.54 Å². The number of hydrogen-bond acceptors (Lipinski definition) is 4. The second-order valence-corrected chi connectivity index (χ2v) is 8.56. The van der Waals surface area contributed by atoms with Crippen LogP contribution >= 0.6 is 11.3 Å². The standard InChI is InChI=1S/C23H30FN5OS/c1-2-25-23(26-8-7-17-15-27-20-14-18(24)5-6-19(17)20)28-16-21(22-4-3-13-31-22)29-9-11-30-12-10-29/h3-6,13-15,21,27H,2,7-12,16H2,1H3,(H2,25,26,28). The Hall–Kier alpha value is -2.42. The Kier molecular flexibility index (Phi) is 7.56. The fraction of sp³-hybridized carbons (Fsp3) is 0.435. The molecule has 6 nitrogen and oxygen atoms in total. The van der Waals surface area contributed by atoms with Crippen molar-refractivity contribution in [2.24, 2.45) is 4.99 Å². The Morgan fingerprint density at radius 3 is 2.94 bits per heavy atom. The van der Waals surface area contributed by atoms with Crippen molar-refractivity contribution in [3.8, 4) is 0 Å². The average molecular weight is 444 g/mol. The summed E-state index contributed by atoms with van der Waals surface area (Å²) >= 11 is 1.79. The normalized spacial score (nSPS) is 16.5. The third kappa shape index (κ3) is 5.64. The van der Waals surface area contributed by atoms with Gasteiger partial charge in [0.2, 0.25) is 0 Å². The third-order valence-corrected chi connectivity index (χ3v) is 6.51. The Labute approximate surface area is 186 Å². The molecule has 0 saturated carbocycles. The molecule has 1 aliphatic heterocycles. The van der Waals surface area contributed by atoms with Gasteiger partial charge in [-0.25, -0.2) is 4.39 Å². The molecule has 2 aromatic heterocycles. The van der Waals surface area contributed by atoms with Crippen molar-refractivity contribution in [3.05, 3.63) is 58.2 Å². The largest absolute Gasteiger partial charge is 0.379 e. The molecule has 0 radical (unpaired) electrons. The molecule has 1 saturated heterocycles. The van der Waals surface area contributed by atoms with Gasteiger partial charge < -0.3 is 20.4 Å². The number of benzene rings is 1. The second kappa shape index (κ2) is 10.7. The lowest BCUT2D eigenvalue weighted by Crippen LogP contribution is -2.42. The first kappa shape index (κ1) is 21.8. The molecule has 1 fully saturated rings.